The zero-order valence-electron chi connectivity index (χ0n) is 19.2. The van der Waals surface area contributed by atoms with Gasteiger partial charge in [-0.1, -0.05) is 70.7 Å². The van der Waals surface area contributed by atoms with Crippen molar-refractivity contribution in [2.45, 2.75) is 10.4 Å². The Kier molecular flexibility index (Phi) is 6.47. The van der Waals surface area contributed by atoms with E-state index < -0.39 is 12.0 Å². The van der Waals surface area contributed by atoms with Crippen LogP contribution in [0, 0.1) is 0 Å². The first-order valence-electron chi connectivity index (χ1n) is 10.7. The Morgan fingerprint density at radius 1 is 1.11 bits per heavy atom. The van der Waals surface area contributed by atoms with Gasteiger partial charge >= 0.3 is 5.97 Å². The number of tetrazole rings is 1. The van der Waals surface area contributed by atoms with Gasteiger partial charge in [-0.05, 0) is 28.1 Å². The summed E-state index contributed by atoms with van der Waals surface area (Å²) in [6.07, 6.45) is 0. The highest BCUT2D eigenvalue weighted by atomic mass is 32.2. The van der Waals surface area contributed by atoms with E-state index in [1.54, 1.807) is 4.68 Å². The number of nitrogens with zero attached hydrogens (tertiary/aromatic N) is 7. The number of hydrogen-bond donors (Lipinski definition) is 1. The number of carbonyl (C=O) groups is 1. The van der Waals surface area contributed by atoms with Crippen LogP contribution in [0.1, 0.15) is 11.6 Å². The van der Waals surface area contributed by atoms with Crippen molar-refractivity contribution >= 4 is 40.7 Å². The van der Waals surface area contributed by atoms with Crippen molar-refractivity contribution in [1.29, 1.82) is 0 Å². The predicted octanol–water partition coefficient (Wildman–Crippen LogP) is 3.49. The van der Waals surface area contributed by atoms with Gasteiger partial charge in [0.25, 0.3) is 0 Å². The van der Waals surface area contributed by atoms with Crippen LogP contribution < -0.4 is 10.2 Å². The standard InChI is InChI=1S/C23H22N8O2S2/c1-30(2)16-11-9-14(10-12-16)19-18(21(32)33-3)17(24-22-26-28-29-31(19)22)13-34-23-27-25-20(35-23)15-7-5-4-6-8-15/h4-12,19H,13H2,1-3H3,(H,24,26,29). The maximum absolute atomic E-state index is 13.0. The van der Waals surface area contributed by atoms with Gasteiger partial charge in [-0.25, -0.2) is 4.79 Å². The van der Waals surface area contributed by atoms with E-state index in [0.29, 0.717) is 23.0 Å². The molecule has 0 spiro atoms. The number of hydrogen-bond acceptors (Lipinski definition) is 11. The third-order valence-electron chi connectivity index (χ3n) is 5.50. The molecule has 0 amide bonds. The van der Waals surface area contributed by atoms with E-state index in [1.807, 2.05) is 73.6 Å². The van der Waals surface area contributed by atoms with E-state index in [9.17, 15) is 4.79 Å². The number of fused-ring (bicyclic) bond motifs is 1. The number of carbonyl (C=O) groups excluding carboxylic acids is 1. The zero-order chi connectivity index (χ0) is 24.4. The second-order valence-corrected chi connectivity index (χ2v) is 10.1. The molecule has 1 atom stereocenters. The van der Waals surface area contributed by atoms with Gasteiger partial charge in [-0.2, -0.15) is 4.68 Å². The van der Waals surface area contributed by atoms with Gasteiger partial charge in [-0.3, -0.25) is 0 Å². The summed E-state index contributed by atoms with van der Waals surface area (Å²) in [6.45, 7) is 0. The van der Waals surface area contributed by atoms with Crippen LogP contribution in [-0.4, -0.2) is 63.3 Å². The maximum Gasteiger partial charge on any atom is 0.338 e. The minimum atomic E-state index is -0.533. The normalized spacial score (nSPS) is 14.9. The highest BCUT2D eigenvalue weighted by Crippen LogP contribution is 2.38. The van der Waals surface area contributed by atoms with Crippen LogP contribution in [0.3, 0.4) is 0 Å². The molecule has 4 aromatic rings. The van der Waals surface area contributed by atoms with Gasteiger partial charge in [0.15, 0.2) is 4.34 Å². The molecule has 2 aromatic carbocycles. The second-order valence-electron chi connectivity index (χ2n) is 7.87. The van der Waals surface area contributed by atoms with Gasteiger partial charge in [0.05, 0.1) is 12.7 Å². The quantitative estimate of drug-likeness (QED) is 0.295. The fraction of sp³-hybridized carbons (Fsp3) is 0.217. The fourth-order valence-corrected chi connectivity index (χ4v) is 5.59. The van der Waals surface area contributed by atoms with E-state index in [-0.39, 0.29) is 0 Å². The Balaban J connectivity index is 1.48. The number of thioether (sulfide) groups is 1. The summed E-state index contributed by atoms with van der Waals surface area (Å²) in [5.41, 5.74) is 4.05. The summed E-state index contributed by atoms with van der Waals surface area (Å²) in [6, 6.07) is 17.3. The SMILES string of the molecule is COC(=O)C1=C(CSc2nnc(-c3ccccc3)s2)Nc2nnnn2C1c1ccc(N(C)C)cc1. The molecule has 10 nitrogen and oxygen atoms in total. The molecule has 0 aliphatic carbocycles. The van der Waals surface area contributed by atoms with Crippen molar-refractivity contribution in [2.24, 2.45) is 0 Å². The van der Waals surface area contributed by atoms with E-state index in [4.69, 9.17) is 4.74 Å². The number of nitrogens with one attached hydrogen (secondary N) is 1. The monoisotopic (exact) mass is 506 g/mol. The molecule has 5 rings (SSSR count). The molecule has 1 unspecified atom stereocenters. The third-order valence-corrected chi connectivity index (χ3v) is 7.63. The highest BCUT2D eigenvalue weighted by molar-refractivity contribution is 8.01. The van der Waals surface area contributed by atoms with E-state index in [0.717, 1.165) is 26.2 Å². The topological polar surface area (TPSA) is 111 Å². The van der Waals surface area contributed by atoms with Crippen molar-refractivity contribution < 1.29 is 9.53 Å². The first kappa shape index (κ1) is 23.0. The number of methoxy groups -OCH3 is 1. The molecule has 2 aromatic heterocycles. The highest BCUT2D eigenvalue weighted by Gasteiger charge is 2.36. The van der Waals surface area contributed by atoms with Gasteiger partial charge in [0, 0.05) is 36.8 Å². The predicted molar refractivity (Wildman–Crippen MR) is 135 cm³/mol. The molecule has 3 heterocycles. The van der Waals surface area contributed by atoms with Crippen LogP contribution in [-0.2, 0) is 9.53 Å². The van der Waals surface area contributed by atoms with Crippen LogP contribution in [0.15, 0.2) is 70.2 Å². The molecule has 0 radical (unpaired) electrons. The third kappa shape index (κ3) is 4.62. The fourth-order valence-electron chi connectivity index (χ4n) is 3.76. The lowest BCUT2D eigenvalue weighted by Gasteiger charge is -2.28. The van der Waals surface area contributed by atoms with Gasteiger partial charge in [-0.15, -0.1) is 10.2 Å². The van der Waals surface area contributed by atoms with Crippen LogP contribution in [0.2, 0.25) is 0 Å². The molecule has 178 valence electrons. The minimum Gasteiger partial charge on any atom is -0.466 e. The molecule has 12 heteroatoms. The summed E-state index contributed by atoms with van der Waals surface area (Å²) in [5.74, 6) is 0.447. The summed E-state index contributed by atoms with van der Waals surface area (Å²) < 4.78 is 7.57. The van der Waals surface area contributed by atoms with E-state index in [2.05, 4.69) is 31.0 Å². The van der Waals surface area contributed by atoms with Crippen LogP contribution >= 0.6 is 23.1 Å². The Morgan fingerprint density at radius 2 is 1.89 bits per heavy atom. The lowest BCUT2D eigenvalue weighted by molar-refractivity contribution is -0.136. The first-order valence-corrected chi connectivity index (χ1v) is 12.5. The maximum atomic E-state index is 13.0. The number of benzene rings is 2. The summed E-state index contributed by atoms with van der Waals surface area (Å²) in [4.78, 5) is 15.0. The van der Waals surface area contributed by atoms with Crippen LogP contribution in [0.5, 0.6) is 0 Å². The van der Waals surface area contributed by atoms with Crippen LogP contribution in [0.25, 0.3) is 10.6 Å². The van der Waals surface area contributed by atoms with Crippen LogP contribution in [0.4, 0.5) is 11.6 Å². The van der Waals surface area contributed by atoms with Gasteiger partial charge < -0.3 is 15.0 Å². The second kappa shape index (κ2) is 9.84. The molecule has 0 saturated carbocycles. The van der Waals surface area contributed by atoms with Crippen molar-refractivity contribution in [1.82, 2.24) is 30.4 Å². The molecule has 0 saturated heterocycles. The number of anilines is 2. The largest absolute Gasteiger partial charge is 0.466 e. The zero-order valence-corrected chi connectivity index (χ0v) is 20.9. The first-order chi connectivity index (χ1) is 17.0. The molecule has 35 heavy (non-hydrogen) atoms. The minimum absolute atomic E-state index is 0.437. The number of aromatic nitrogens is 6. The van der Waals surface area contributed by atoms with Crippen molar-refractivity contribution in [3.63, 3.8) is 0 Å². The molecule has 1 aliphatic rings. The number of ether oxygens (including phenoxy) is 1. The Morgan fingerprint density at radius 3 is 2.60 bits per heavy atom. The lowest BCUT2D eigenvalue weighted by atomic mass is 9.95. The summed E-state index contributed by atoms with van der Waals surface area (Å²) in [7, 11) is 5.33. The Labute approximate surface area is 210 Å². The molecule has 0 fully saturated rings. The summed E-state index contributed by atoms with van der Waals surface area (Å²) in [5, 5.41) is 24.8. The number of esters is 1. The summed E-state index contributed by atoms with van der Waals surface area (Å²) >= 11 is 2.99. The van der Waals surface area contributed by atoms with Gasteiger partial charge in [0.2, 0.25) is 5.95 Å². The van der Waals surface area contributed by atoms with E-state index >= 15 is 0 Å². The molecule has 1 N–H and O–H groups in total. The van der Waals surface area contributed by atoms with Gasteiger partial charge in [0.1, 0.15) is 11.0 Å². The smallest absolute Gasteiger partial charge is 0.338 e. The molecular weight excluding hydrogens is 484 g/mol. The van der Waals surface area contributed by atoms with Crippen molar-refractivity contribution in [3.05, 3.63) is 71.4 Å². The molecule has 1 aliphatic heterocycles. The van der Waals surface area contributed by atoms with Crippen molar-refractivity contribution in [3.8, 4) is 10.6 Å². The molecule has 0 bridgehead atoms. The number of rotatable bonds is 7. The Hall–Kier alpha value is -3.77. The Bertz CT molecular complexity index is 1370. The van der Waals surface area contributed by atoms with Crippen molar-refractivity contribution in [2.75, 3.05) is 37.2 Å². The van der Waals surface area contributed by atoms with E-state index in [1.165, 1.54) is 30.2 Å². The average molecular weight is 507 g/mol. The lowest BCUT2D eigenvalue weighted by Crippen LogP contribution is -2.31. The average Bonchev–Trinajstić information content (AvgIpc) is 3.56. The molecular formula is C23H22N8O2S2.